The molecule has 0 saturated carbocycles. The second kappa shape index (κ2) is 4.61. The molecule has 86 valence electrons. The normalized spacial score (nSPS) is 25.3. The summed E-state index contributed by atoms with van der Waals surface area (Å²) < 4.78 is 18.2. The minimum atomic E-state index is -0.853. The molecule has 0 amide bonds. The van der Waals surface area contributed by atoms with Gasteiger partial charge in [-0.2, -0.15) is 0 Å². The summed E-state index contributed by atoms with van der Waals surface area (Å²) in [6.07, 6.45) is 0.915. The highest BCUT2D eigenvalue weighted by atomic mass is 19.1. The van der Waals surface area contributed by atoms with Gasteiger partial charge in [-0.3, -0.25) is 4.79 Å². The Morgan fingerprint density at radius 2 is 2.06 bits per heavy atom. The van der Waals surface area contributed by atoms with Crippen LogP contribution in [0.5, 0.6) is 0 Å². The number of rotatable bonds is 2. The second-order valence-electron chi connectivity index (χ2n) is 3.93. The number of ether oxygens (including phenoxy) is 1. The number of carboxylic acids is 1. The number of hydrogen-bond acceptors (Lipinski definition) is 2. The van der Waals surface area contributed by atoms with Gasteiger partial charge in [0, 0.05) is 6.61 Å². The van der Waals surface area contributed by atoms with Crippen molar-refractivity contribution < 1.29 is 19.0 Å². The van der Waals surface area contributed by atoms with Crippen LogP contribution in [0.2, 0.25) is 0 Å². The average molecular weight is 224 g/mol. The van der Waals surface area contributed by atoms with Crippen LogP contribution in [0.1, 0.15) is 24.5 Å². The van der Waals surface area contributed by atoms with Gasteiger partial charge in [0.2, 0.25) is 0 Å². The Morgan fingerprint density at radius 1 is 1.38 bits per heavy atom. The van der Waals surface area contributed by atoms with E-state index in [9.17, 15) is 9.18 Å². The Labute approximate surface area is 92.9 Å². The van der Waals surface area contributed by atoms with Crippen molar-refractivity contribution >= 4 is 5.97 Å². The fourth-order valence-electron chi connectivity index (χ4n) is 2.02. The third-order valence-electron chi connectivity index (χ3n) is 2.84. The highest BCUT2D eigenvalue weighted by Crippen LogP contribution is 2.33. The van der Waals surface area contributed by atoms with E-state index in [1.165, 1.54) is 12.1 Å². The maximum Gasteiger partial charge on any atom is 0.309 e. The predicted octanol–water partition coefficient (Wildman–Crippen LogP) is 2.38. The zero-order valence-corrected chi connectivity index (χ0v) is 8.73. The zero-order chi connectivity index (χ0) is 11.5. The van der Waals surface area contributed by atoms with Crippen molar-refractivity contribution in [2.75, 3.05) is 6.61 Å². The number of carbonyl (C=O) groups is 1. The summed E-state index contributed by atoms with van der Waals surface area (Å²) in [5.74, 6) is -1.71. The van der Waals surface area contributed by atoms with Crippen LogP contribution in [0.15, 0.2) is 24.3 Å². The van der Waals surface area contributed by atoms with Crippen LogP contribution in [-0.4, -0.2) is 17.7 Å². The number of halogens is 1. The van der Waals surface area contributed by atoms with Crippen molar-refractivity contribution in [3.63, 3.8) is 0 Å². The fraction of sp³-hybridized carbons (Fsp3) is 0.417. The largest absolute Gasteiger partial charge is 0.481 e. The van der Waals surface area contributed by atoms with Crippen LogP contribution in [0.3, 0.4) is 0 Å². The zero-order valence-electron chi connectivity index (χ0n) is 8.73. The molecule has 16 heavy (non-hydrogen) atoms. The molecule has 2 unspecified atom stereocenters. The van der Waals surface area contributed by atoms with E-state index in [4.69, 9.17) is 9.84 Å². The maximum atomic E-state index is 12.8. The Kier molecular flexibility index (Phi) is 3.19. The summed E-state index contributed by atoms with van der Waals surface area (Å²) in [6.45, 7) is 0.561. The smallest absolute Gasteiger partial charge is 0.309 e. The van der Waals surface area contributed by atoms with Crippen molar-refractivity contribution in [2.45, 2.75) is 18.9 Å². The van der Waals surface area contributed by atoms with Crippen LogP contribution >= 0.6 is 0 Å². The van der Waals surface area contributed by atoms with E-state index in [0.717, 1.165) is 12.0 Å². The van der Waals surface area contributed by atoms with Gasteiger partial charge in [0.25, 0.3) is 0 Å². The van der Waals surface area contributed by atoms with Crippen molar-refractivity contribution in [3.05, 3.63) is 35.6 Å². The van der Waals surface area contributed by atoms with Gasteiger partial charge in [-0.15, -0.1) is 0 Å². The first-order chi connectivity index (χ1) is 7.68. The molecular formula is C12H13FO3. The first-order valence-corrected chi connectivity index (χ1v) is 5.28. The highest BCUT2D eigenvalue weighted by Gasteiger charge is 2.32. The Balaban J connectivity index is 2.23. The van der Waals surface area contributed by atoms with Crippen molar-refractivity contribution in [1.29, 1.82) is 0 Å². The first-order valence-electron chi connectivity index (χ1n) is 5.28. The third kappa shape index (κ3) is 2.22. The van der Waals surface area contributed by atoms with Gasteiger partial charge in [0.1, 0.15) is 5.82 Å². The lowest BCUT2D eigenvalue weighted by atomic mass is 9.89. The summed E-state index contributed by atoms with van der Waals surface area (Å²) >= 11 is 0. The van der Waals surface area contributed by atoms with Crippen molar-refractivity contribution in [3.8, 4) is 0 Å². The molecule has 0 aromatic heterocycles. The van der Waals surface area contributed by atoms with Crippen molar-refractivity contribution in [1.82, 2.24) is 0 Å². The van der Waals surface area contributed by atoms with Crippen molar-refractivity contribution in [2.24, 2.45) is 5.92 Å². The highest BCUT2D eigenvalue weighted by molar-refractivity contribution is 5.71. The molecule has 2 atom stereocenters. The molecule has 2 rings (SSSR count). The monoisotopic (exact) mass is 224 g/mol. The molecule has 1 fully saturated rings. The fourth-order valence-corrected chi connectivity index (χ4v) is 2.02. The maximum absolute atomic E-state index is 12.8. The molecule has 0 spiro atoms. The minimum Gasteiger partial charge on any atom is -0.481 e. The number of aliphatic carboxylic acids is 1. The molecular weight excluding hydrogens is 211 g/mol. The van der Waals surface area contributed by atoms with E-state index in [2.05, 4.69) is 0 Å². The summed E-state index contributed by atoms with van der Waals surface area (Å²) in [5.41, 5.74) is 0.730. The molecule has 0 radical (unpaired) electrons. The lowest BCUT2D eigenvalue weighted by molar-refractivity contribution is -0.151. The van der Waals surface area contributed by atoms with Gasteiger partial charge in [-0.1, -0.05) is 12.1 Å². The van der Waals surface area contributed by atoms with Gasteiger partial charge in [0.05, 0.1) is 12.0 Å². The number of benzene rings is 1. The molecule has 0 bridgehead atoms. The lowest BCUT2D eigenvalue weighted by Gasteiger charge is -2.29. The SMILES string of the molecule is O=C(O)C1CCCOC1c1ccc(F)cc1. The molecule has 3 nitrogen and oxygen atoms in total. The van der Waals surface area contributed by atoms with Crippen LogP contribution < -0.4 is 0 Å². The van der Waals surface area contributed by atoms with Crippen LogP contribution in [-0.2, 0) is 9.53 Å². The number of hydrogen-bond donors (Lipinski definition) is 1. The van der Waals surface area contributed by atoms with E-state index in [0.29, 0.717) is 13.0 Å². The lowest BCUT2D eigenvalue weighted by Crippen LogP contribution is -2.28. The van der Waals surface area contributed by atoms with E-state index in [1.54, 1.807) is 12.1 Å². The summed E-state index contributed by atoms with van der Waals surface area (Å²) in [7, 11) is 0. The predicted molar refractivity (Wildman–Crippen MR) is 55.5 cm³/mol. The molecule has 1 aliphatic rings. The minimum absolute atomic E-state index is 0.327. The van der Waals surface area contributed by atoms with Gasteiger partial charge in [-0.05, 0) is 30.5 Å². The van der Waals surface area contributed by atoms with Crippen LogP contribution in [0, 0.1) is 11.7 Å². The van der Waals surface area contributed by atoms with Gasteiger partial charge in [0.15, 0.2) is 0 Å². The van der Waals surface area contributed by atoms with Gasteiger partial charge < -0.3 is 9.84 Å². The van der Waals surface area contributed by atoms with E-state index < -0.39 is 18.0 Å². The summed E-state index contributed by atoms with van der Waals surface area (Å²) in [6, 6.07) is 5.82. The second-order valence-corrected chi connectivity index (χ2v) is 3.93. The van der Waals surface area contributed by atoms with Gasteiger partial charge >= 0.3 is 5.97 Å². The Hall–Kier alpha value is -1.42. The molecule has 1 N–H and O–H groups in total. The third-order valence-corrected chi connectivity index (χ3v) is 2.84. The Bertz CT molecular complexity index is 374. The molecule has 1 aromatic rings. The molecule has 1 heterocycles. The first kappa shape index (κ1) is 11.1. The molecule has 0 aliphatic carbocycles. The van der Waals surface area contributed by atoms with E-state index in [1.807, 2.05) is 0 Å². The van der Waals surface area contributed by atoms with E-state index >= 15 is 0 Å². The Morgan fingerprint density at radius 3 is 2.69 bits per heavy atom. The molecule has 4 heteroatoms. The van der Waals surface area contributed by atoms with E-state index in [-0.39, 0.29) is 5.82 Å². The molecule has 1 aliphatic heterocycles. The summed E-state index contributed by atoms with van der Waals surface area (Å²) in [5, 5.41) is 9.07. The van der Waals surface area contributed by atoms with Crippen LogP contribution in [0.4, 0.5) is 4.39 Å². The summed E-state index contributed by atoms with van der Waals surface area (Å²) in [4.78, 5) is 11.1. The molecule has 1 saturated heterocycles. The topological polar surface area (TPSA) is 46.5 Å². The molecule has 1 aromatic carbocycles. The van der Waals surface area contributed by atoms with Crippen LogP contribution in [0.25, 0.3) is 0 Å². The average Bonchev–Trinajstić information content (AvgIpc) is 2.30. The number of carboxylic acid groups (broad SMARTS) is 1. The quantitative estimate of drug-likeness (QED) is 0.838. The van der Waals surface area contributed by atoms with Gasteiger partial charge in [-0.25, -0.2) is 4.39 Å². The standard InChI is InChI=1S/C12H13FO3/c13-9-5-3-8(4-6-9)11-10(12(14)15)2-1-7-16-11/h3-6,10-11H,1-2,7H2,(H,14,15).